The molecule has 0 saturated carbocycles. The van der Waals surface area contributed by atoms with E-state index in [-0.39, 0.29) is 12.3 Å². The van der Waals surface area contributed by atoms with Gasteiger partial charge in [0.2, 0.25) is 5.91 Å². The second-order valence-corrected chi connectivity index (χ2v) is 6.28. The maximum Gasteiger partial charge on any atom is 0.224 e. The first-order valence-electron chi connectivity index (χ1n) is 6.46. The summed E-state index contributed by atoms with van der Waals surface area (Å²) in [7, 11) is 0. The number of carbonyl (C=O) groups is 1. The number of rotatable bonds is 7. The van der Waals surface area contributed by atoms with E-state index in [0.717, 1.165) is 17.3 Å². The van der Waals surface area contributed by atoms with Crippen molar-refractivity contribution in [1.82, 2.24) is 5.32 Å². The van der Waals surface area contributed by atoms with Crippen molar-refractivity contribution in [2.45, 2.75) is 12.2 Å². The number of thioether (sulfide) groups is 1. The summed E-state index contributed by atoms with van der Waals surface area (Å²) in [5, 5.41) is 3.89. The monoisotopic (exact) mass is 343 g/mol. The Balaban J connectivity index is 1.68. The van der Waals surface area contributed by atoms with Gasteiger partial charge in [-0.1, -0.05) is 29.3 Å². The zero-order chi connectivity index (χ0) is 15.1. The Morgan fingerprint density at radius 3 is 2.62 bits per heavy atom. The molecular formula is C15H15Cl2NO2S. The first kappa shape index (κ1) is 16.3. The molecule has 0 saturated heterocycles. The van der Waals surface area contributed by atoms with Gasteiger partial charge in [0.25, 0.3) is 0 Å². The zero-order valence-corrected chi connectivity index (χ0v) is 13.6. The number of hydrogen-bond acceptors (Lipinski definition) is 3. The van der Waals surface area contributed by atoms with Crippen LogP contribution >= 0.6 is 35.0 Å². The molecular weight excluding hydrogens is 329 g/mol. The second-order valence-electron chi connectivity index (χ2n) is 4.36. The fourth-order valence-electron chi connectivity index (χ4n) is 1.75. The van der Waals surface area contributed by atoms with Crippen LogP contribution in [0.4, 0.5) is 0 Å². The molecule has 0 atom stereocenters. The molecule has 2 aromatic rings. The van der Waals surface area contributed by atoms with Gasteiger partial charge in [0.05, 0.1) is 18.4 Å². The summed E-state index contributed by atoms with van der Waals surface area (Å²) in [6, 6.07) is 9.03. The molecule has 0 aliphatic rings. The third-order valence-corrected chi connectivity index (χ3v) is 4.48. The quantitative estimate of drug-likeness (QED) is 0.767. The molecule has 0 unspecified atom stereocenters. The Morgan fingerprint density at radius 2 is 1.95 bits per heavy atom. The topological polar surface area (TPSA) is 42.2 Å². The molecule has 1 N–H and O–H groups in total. The van der Waals surface area contributed by atoms with Crippen LogP contribution in [0.1, 0.15) is 11.3 Å². The molecule has 0 bridgehead atoms. The summed E-state index contributed by atoms with van der Waals surface area (Å²) in [6.45, 7) is 0.603. The normalized spacial score (nSPS) is 10.6. The average molecular weight is 344 g/mol. The van der Waals surface area contributed by atoms with Crippen LogP contribution in [0.5, 0.6) is 0 Å². The lowest BCUT2D eigenvalue weighted by molar-refractivity contribution is -0.120. The third kappa shape index (κ3) is 5.30. The lowest BCUT2D eigenvalue weighted by Gasteiger charge is -2.08. The standard InChI is InChI=1S/C15H15Cl2NO2S/c16-13-4-1-5-14(17)12(13)9-15(19)18-6-8-21-10-11-3-2-7-20-11/h1-5,7H,6,8-10H2,(H,18,19). The number of furan rings is 1. The Labute approximate surface area is 138 Å². The van der Waals surface area contributed by atoms with Gasteiger partial charge in [-0.15, -0.1) is 0 Å². The Bertz CT molecular complexity index is 567. The molecule has 1 amide bonds. The number of nitrogens with one attached hydrogen (secondary N) is 1. The van der Waals surface area contributed by atoms with E-state index < -0.39 is 0 Å². The lowest BCUT2D eigenvalue weighted by Crippen LogP contribution is -2.27. The van der Waals surface area contributed by atoms with E-state index in [9.17, 15) is 4.79 Å². The largest absolute Gasteiger partial charge is 0.468 e. The molecule has 0 spiro atoms. The molecule has 6 heteroatoms. The van der Waals surface area contributed by atoms with Gasteiger partial charge in [0.15, 0.2) is 0 Å². The van der Waals surface area contributed by atoms with Gasteiger partial charge < -0.3 is 9.73 Å². The van der Waals surface area contributed by atoms with E-state index in [2.05, 4.69) is 5.32 Å². The molecule has 2 rings (SSSR count). The van der Waals surface area contributed by atoms with E-state index >= 15 is 0 Å². The highest BCUT2D eigenvalue weighted by molar-refractivity contribution is 7.98. The zero-order valence-electron chi connectivity index (χ0n) is 11.3. The highest BCUT2D eigenvalue weighted by Crippen LogP contribution is 2.24. The van der Waals surface area contributed by atoms with Gasteiger partial charge in [-0.2, -0.15) is 11.8 Å². The first-order chi connectivity index (χ1) is 10.2. The van der Waals surface area contributed by atoms with Crippen molar-refractivity contribution in [3.63, 3.8) is 0 Å². The SMILES string of the molecule is O=C(Cc1c(Cl)cccc1Cl)NCCSCc1ccco1. The molecule has 3 nitrogen and oxygen atoms in total. The molecule has 21 heavy (non-hydrogen) atoms. The molecule has 0 aliphatic carbocycles. The maximum absolute atomic E-state index is 11.9. The molecule has 1 aromatic heterocycles. The van der Waals surface area contributed by atoms with E-state index in [1.54, 1.807) is 36.2 Å². The van der Waals surface area contributed by atoms with E-state index in [0.29, 0.717) is 22.2 Å². The fourth-order valence-corrected chi connectivity index (χ4v) is 3.04. The summed E-state index contributed by atoms with van der Waals surface area (Å²) in [5.74, 6) is 2.49. The van der Waals surface area contributed by atoms with Gasteiger partial charge >= 0.3 is 0 Å². The molecule has 1 heterocycles. The Hall–Kier alpha value is -1.10. The van der Waals surface area contributed by atoms with Crippen LogP contribution < -0.4 is 5.32 Å². The highest BCUT2D eigenvalue weighted by Gasteiger charge is 2.10. The number of halogens is 2. The predicted molar refractivity (Wildman–Crippen MR) is 88.0 cm³/mol. The third-order valence-electron chi connectivity index (χ3n) is 2.79. The summed E-state index contributed by atoms with van der Waals surface area (Å²) in [6.07, 6.45) is 1.85. The van der Waals surface area contributed by atoms with Crippen LogP contribution in [0.25, 0.3) is 0 Å². The summed E-state index contributed by atoms with van der Waals surface area (Å²) >= 11 is 13.8. The Kier molecular flexibility index (Phi) is 6.49. The number of hydrogen-bond donors (Lipinski definition) is 1. The van der Waals surface area contributed by atoms with Crippen LogP contribution in [-0.2, 0) is 17.0 Å². The average Bonchev–Trinajstić information content (AvgIpc) is 2.96. The van der Waals surface area contributed by atoms with E-state index in [1.165, 1.54) is 0 Å². The van der Waals surface area contributed by atoms with Gasteiger partial charge in [0, 0.05) is 22.3 Å². The van der Waals surface area contributed by atoms with Crippen LogP contribution in [-0.4, -0.2) is 18.2 Å². The first-order valence-corrected chi connectivity index (χ1v) is 8.37. The summed E-state index contributed by atoms with van der Waals surface area (Å²) in [5.41, 5.74) is 0.668. The van der Waals surface area contributed by atoms with Gasteiger partial charge in [0.1, 0.15) is 5.76 Å². The smallest absolute Gasteiger partial charge is 0.224 e. The minimum absolute atomic E-state index is 0.0800. The molecule has 1 aromatic carbocycles. The van der Waals surface area contributed by atoms with Crippen molar-refractivity contribution in [2.24, 2.45) is 0 Å². The van der Waals surface area contributed by atoms with Gasteiger partial charge in [-0.25, -0.2) is 0 Å². The van der Waals surface area contributed by atoms with Crippen LogP contribution in [0.15, 0.2) is 41.0 Å². The van der Waals surface area contributed by atoms with Crippen molar-refractivity contribution >= 4 is 40.9 Å². The number of amides is 1. The van der Waals surface area contributed by atoms with Crippen molar-refractivity contribution in [3.8, 4) is 0 Å². The highest BCUT2D eigenvalue weighted by atomic mass is 35.5. The minimum Gasteiger partial charge on any atom is -0.468 e. The van der Waals surface area contributed by atoms with Crippen LogP contribution in [0, 0.1) is 0 Å². The fraction of sp³-hybridized carbons (Fsp3) is 0.267. The predicted octanol–water partition coefficient (Wildman–Crippen LogP) is 4.18. The summed E-state index contributed by atoms with van der Waals surface area (Å²) in [4.78, 5) is 11.9. The molecule has 0 radical (unpaired) electrons. The van der Waals surface area contributed by atoms with Crippen molar-refractivity contribution in [3.05, 3.63) is 58.0 Å². The van der Waals surface area contributed by atoms with Crippen LogP contribution in [0.3, 0.4) is 0 Å². The van der Waals surface area contributed by atoms with Crippen molar-refractivity contribution in [1.29, 1.82) is 0 Å². The van der Waals surface area contributed by atoms with Crippen LogP contribution in [0.2, 0.25) is 10.0 Å². The van der Waals surface area contributed by atoms with Crippen molar-refractivity contribution in [2.75, 3.05) is 12.3 Å². The minimum atomic E-state index is -0.0800. The summed E-state index contributed by atoms with van der Waals surface area (Å²) < 4.78 is 5.23. The van der Waals surface area contributed by atoms with E-state index in [1.807, 2.05) is 12.1 Å². The second kappa shape index (κ2) is 8.37. The number of carbonyl (C=O) groups excluding carboxylic acids is 1. The van der Waals surface area contributed by atoms with E-state index in [4.69, 9.17) is 27.6 Å². The number of benzene rings is 1. The lowest BCUT2D eigenvalue weighted by atomic mass is 10.1. The molecule has 112 valence electrons. The van der Waals surface area contributed by atoms with Gasteiger partial charge in [-0.05, 0) is 29.8 Å². The Morgan fingerprint density at radius 1 is 1.19 bits per heavy atom. The molecule has 0 fully saturated rings. The van der Waals surface area contributed by atoms with Gasteiger partial charge in [-0.3, -0.25) is 4.79 Å². The maximum atomic E-state index is 11.9. The molecule has 0 aliphatic heterocycles. The van der Waals surface area contributed by atoms with Crippen molar-refractivity contribution < 1.29 is 9.21 Å².